The Labute approximate surface area is 122 Å². The van der Waals surface area contributed by atoms with Gasteiger partial charge in [0.25, 0.3) is 0 Å². The number of benzene rings is 1. The second kappa shape index (κ2) is 4.73. The third-order valence-electron chi connectivity index (χ3n) is 6.05. The molecule has 1 nitrogen and oxygen atoms in total. The number of hydrogen-bond acceptors (Lipinski definition) is 1. The molecule has 1 atom stereocenters. The van der Waals surface area contributed by atoms with Gasteiger partial charge in [-0.3, -0.25) is 0 Å². The fourth-order valence-electron chi connectivity index (χ4n) is 5.46. The van der Waals surface area contributed by atoms with Gasteiger partial charge in [0, 0.05) is 5.56 Å². The van der Waals surface area contributed by atoms with Crippen LogP contribution in [0.25, 0.3) is 0 Å². The van der Waals surface area contributed by atoms with Crippen LogP contribution in [0.2, 0.25) is 0 Å². The van der Waals surface area contributed by atoms with Crippen LogP contribution in [-0.2, 0) is 0 Å². The first-order valence-corrected chi connectivity index (χ1v) is 7.86. The van der Waals surface area contributed by atoms with E-state index in [2.05, 4.69) is 0 Å². The molecule has 4 heteroatoms. The third-order valence-corrected chi connectivity index (χ3v) is 6.05. The highest BCUT2D eigenvalue weighted by atomic mass is 19.2. The molecule has 114 valence electrons. The van der Waals surface area contributed by atoms with Crippen molar-refractivity contribution in [2.75, 3.05) is 0 Å². The maximum Gasteiger partial charge on any atom is 0.194 e. The summed E-state index contributed by atoms with van der Waals surface area (Å²) < 4.78 is 40.4. The van der Waals surface area contributed by atoms with E-state index in [0.29, 0.717) is 11.8 Å². The fraction of sp³-hybridized carbons (Fsp3) is 0.647. The van der Waals surface area contributed by atoms with Crippen molar-refractivity contribution in [2.45, 2.75) is 38.2 Å². The molecule has 1 unspecified atom stereocenters. The molecule has 4 fully saturated rings. The Morgan fingerprint density at radius 2 is 1.43 bits per heavy atom. The lowest BCUT2D eigenvalue weighted by Crippen LogP contribution is -2.47. The lowest BCUT2D eigenvalue weighted by atomic mass is 9.50. The van der Waals surface area contributed by atoms with E-state index in [0.717, 1.165) is 43.6 Å². The molecular weight excluding hydrogens is 277 g/mol. The molecule has 21 heavy (non-hydrogen) atoms. The lowest BCUT2D eigenvalue weighted by Gasteiger charge is -2.55. The normalized spacial score (nSPS) is 38.8. The largest absolute Gasteiger partial charge is 0.388 e. The van der Waals surface area contributed by atoms with Gasteiger partial charge in [-0.05, 0) is 67.8 Å². The van der Waals surface area contributed by atoms with Gasteiger partial charge in [-0.2, -0.15) is 0 Å². The van der Waals surface area contributed by atoms with Crippen LogP contribution in [0, 0.1) is 47.0 Å². The molecule has 0 aliphatic heterocycles. The average molecular weight is 296 g/mol. The summed E-state index contributed by atoms with van der Waals surface area (Å²) in [5.74, 6) is -1.58. The van der Waals surface area contributed by atoms with Crippen molar-refractivity contribution >= 4 is 0 Å². The molecule has 1 aromatic rings. The minimum atomic E-state index is -1.48. The Balaban J connectivity index is 1.66. The van der Waals surface area contributed by atoms with Crippen LogP contribution in [0.4, 0.5) is 13.2 Å². The molecule has 5 rings (SSSR count). The van der Waals surface area contributed by atoms with Gasteiger partial charge in [0.2, 0.25) is 0 Å². The smallest absolute Gasteiger partial charge is 0.194 e. The van der Waals surface area contributed by atoms with Crippen molar-refractivity contribution < 1.29 is 18.3 Å². The Bertz CT molecular complexity index is 543. The number of halogens is 3. The lowest BCUT2D eigenvalue weighted by molar-refractivity contribution is -0.0917. The van der Waals surface area contributed by atoms with E-state index in [-0.39, 0.29) is 11.5 Å². The highest BCUT2D eigenvalue weighted by molar-refractivity contribution is 5.24. The number of aliphatic hydroxyl groups is 1. The van der Waals surface area contributed by atoms with Crippen molar-refractivity contribution in [3.05, 3.63) is 35.1 Å². The molecule has 0 aromatic heterocycles. The molecule has 0 spiro atoms. The third kappa shape index (κ3) is 2.02. The van der Waals surface area contributed by atoms with Gasteiger partial charge in [-0.15, -0.1) is 0 Å². The molecule has 4 aliphatic carbocycles. The second-order valence-corrected chi connectivity index (χ2v) is 7.22. The highest BCUT2D eigenvalue weighted by Crippen LogP contribution is 2.59. The highest BCUT2D eigenvalue weighted by Gasteiger charge is 2.50. The second-order valence-electron chi connectivity index (χ2n) is 7.22. The van der Waals surface area contributed by atoms with E-state index in [1.165, 1.54) is 12.5 Å². The Morgan fingerprint density at radius 3 is 2.00 bits per heavy atom. The van der Waals surface area contributed by atoms with Crippen LogP contribution in [-0.4, -0.2) is 5.11 Å². The van der Waals surface area contributed by atoms with Crippen molar-refractivity contribution in [2.24, 2.45) is 29.6 Å². The minimum absolute atomic E-state index is 0.00263. The summed E-state index contributed by atoms with van der Waals surface area (Å²) in [6, 6.07) is 2.11. The van der Waals surface area contributed by atoms with E-state index in [1.54, 1.807) is 0 Å². The molecule has 0 radical (unpaired) electrons. The predicted octanol–water partition coefficient (Wildman–Crippen LogP) is 4.21. The molecule has 4 saturated carbocycles. The summed E-state index contributed by atoms with van der Waals surface area (Å²) in [5, 5.41) is 10.6. The van der Waals surface area contributed by atoms with Crippen molar-refractivity contribution in [1.29, 1.82) is 0 Å². The van der Waals surface area contributed by atoms with E-state index >= 15 is 0 Å². The minimum Gasteiger partial charge on any atom is -0.388 e. The SMILES string of the molecule is OC(c1ccc(F)c(F)c1F)C1C2CC3CC(C2)CC1C3. The maximum absolute atomic E-state index is 14.0. The van der Waals surface area contributed by atoms with Crippen LogP contribution in [0.1, 0.15) is 43.8 Å². The molecule has 0 amide bonds. The molecule has 1 N–H and O–H groups in total. The summed E-state index contributed by atoms with van der Waals surface area (Å²) in [7, 11) is 0. The van der Waals surface area contributed by atoms with Crippen LogP contribution in [0.3, 0.4) is 0 Å². The van der Waals surface area contributed by atoms with Gasteiger partial charge >= 0.3 is 0 Å². The Hall–Kier alpha value is -1.03. The van der Waals surface area contributed by atoms with Gasteiger partial charge in [-0.25, -0.2) is 13.2 Å². The summed E-state index contributed by atoms with van der Waals surface area (Å²) in [4.78, 5) is 0. The quantitative estimate of drug-likeness (QED) is 0.811. The fourth-order valence-corrected chi connectivity index (χ4v) is 5.46. The Morgan fingerprint density at radius 1 is 0.857 bits per heavy atom. The standard InChI is InChI=1S/C17H19F3O/c18-13-2-1-12(15(19)16(13)20)17(21)14-10-4-8-3-9(6-10)7-11(14)5-8/h1-2,8-11,14,17,21H,3-7H2. The molecule has 0 saturated heterocycles. The number of rotatable bonds is 2. The van der Waals surface area contributed by atoms with E-state index in [9.17, 15) is 18.3 Å². The van der Waals surface area contributed by atoms with E-state index < -0.39 is 23.6 Å². The van der Waals surface area contributed by atoms with Crippen LogP contribution < -0.4 is 0 Å². The van der Waals surface area contributed by atoms with Gasteiger partial charge < -0.3 is 5.11 Å². The van der Waals surface area contributed by atoms with Crippen LogP contribution in [0.5, 0.6) is 0 Å². The van der Waals surface area contributed by atoms with Crippen molar-refractivity contribution in [3.63, 3.8) is 0 Å². The summed E-state index contributed by atoms with van der Waals surface area (Å²) in [6.07, 6.45) is 4.67. The molecule has 4 bridgehead atoms. The molecule has 0 heterocycles. The zero-order chi connectivity index (χ0) is 14.7. The molecular formula is C17H19F3O. The number of hydrogen-bond donors (Lipinski definition) is 1. The Kier molecular flexibility index (Phi) is 3.07. The van der Waals surface area contributed by atoms with Crippen molar-refractivity contribution in [3.8, 4) is 0 Å². The summed E-state index contributed by atoms with van der Waals surface area (Å²) in [5.41, 5.74) is -0.0774. The summed E-state index contributed by atoms with van der Waals surface area (Å²) in [6.45, 7) is 0. The topological polar surface area (TPSA) is 20.2 Å². The number of aliphatic hydroxyl groups excluding tert-OH is 1. The average Bonchev–Trinajstić information content (AvgIpc) is 2.43. The first-order chi connectivity index (χ1) is 10.0. The molecule has 1 aromatic carbocycles. The van der Waals surface area contributed by atoms with Crippen LogP contribution in [0.15, 0.2) is 12.1 Å². The van der Waals surface area contributed by atoms with Gasteiger partial charge in [0.05, 0.1) is 6.10 Å². The summed E-state index contributed by atoms with van der Waals surface area (Å²) >= 11 is 0. The van der Waals surface area contributed by atoms with Gasteiger partial charge in [0.1, 0.15) is 0 Å². The maximum atomic E-state index is 14.0. The van der Waals surface area contributed by atoms with E-state index in [4.69, 9.17) is 0 Å². The zero-order valence-electron chi connectivity index (χ0n) is 11.7. The predicted molar refractivity (Wildman–Crippen MR) is 71.8 cm³/mol. The van der Waals surface area contributed by atoms with E-state index in [1.807, 2.05) is 0 Å². The van der Waals surface area contributed by atoms with Crippen LogP contribution >= 0.6 is 0 Å². The monoisotopic (exact) mass is 296 g/mol. The van der Waals surface area contributed by atoms with Gasteiger partial charge in [0.15, 0.2) is 17.5 Å². The molecule has 4 aliphatic rings. The van der Waals surface area contributed by atoms with Crippen molar-refractivity contribution in [1.82, 2.24) is 0 Å². The first kappa shape index (κ1) is 13.6. The van der Waals surface area contributed by atoms with Gasteiger partial charge in [-0.1, -0.05) is 6.07 Å². The zero-order valence-corrected chi connectivity index (χ0v) is 11.7. The first-order valence-electron chi connectivity index (χ1n) is 7.86.